The summed E-state index contributed by atoms with van der Waals surface area (Å²) in [5, 5.41) is 0. The van der Waals surface area contributed by atoms with Gasteiger partial charge in [-0.1, -0.05) is 13.8 Å². The Labute approximate surface area is 115 Å². The van der Waals surface area contributed by atoms with Gasteiger partial charge in [0.05, 0.1) is 0 Å². The Hall–Kier alpha value is -1.09. The van der Waals surface area contributed by atoms with Crippen LogP contribution in [0, 0.1) is 11.2 Å². The Morgan fingerprint density at radius 3 is 2.58 bits per heavy atom. The van der Waals surface area contributed by atoms with Crippen LogP contribution < -0.4 is 10.6 Å². The Balaban J connectivity index is 2.29. The number of anilines is 1. The third-order valence-electron chi connectivity index (χ3n) is 4.76. The normalized spacial score (nSPS) is 19.7. The number of hydrogen-bond acceptors (Lipinski definition) is 2. The quantitative estimate of drug-likeness (QED) is 0.894. The van der Waals surface area contributed by atoms with Gasteiger partial charge >= 0.3 is 0 Å². The highest BCUT2D eigenvalue weighted by molar-refractivity contribution is 5.56. The highest BCUT2D eigenvalue weighted by Crippen LogP contribution is 2.40. The maximum absolute atomic E-state index is 13.4. The minimum absolute atomic E-state index is 0.135. The van der Waals surface area contributed by atoms with Gasteiger partial charge in [0.1, 0.15) is 5.82 Å². The number of halogens is 1. The summed E-state index contributed by atoms with van der Waals surface area (Å²) in [7, 11) is 0. The largest absolute Gasteiger partial charge is 0.371 e. The summed E-state index contributed by atoms with van der Waals surface area (Å²) >= 11 is 0. The molecule has 1 saturated heterocycles. The maximum atomic E-state index is 13.4. The predicted molar refractivity (Wildman–Crippen MR) is 78.8 cm³/mol. The van der Waals surface area contributed by atoms with Crippen LogP contribution in [0.4, 0.5) is 10.1 Å². The van der Waals surface area contributed by atoms with Crippen LogP contribution in [0.5, 0.6) is 0 Å². The van der Waals surface area contributed by atoms with E-state index < -0.39 is 0 Å². The lowest BCUT2D eigenvalue weighted by Gasteiger charge is -2.28. The van der Waals surface area contributed by atoms with Gasteiger partial charge in [-0.25, -0.2) is 4.39 Å². The minimum atomic E-state index is -0.201. The lowest BCUT2D eigenvalue weighted by atomic mass is 9.82. The number of hydrogen-bond donors (Lipinski definition) is 1. The first-order valence-corrected chi connectivity index (χ1v) is 7.31. The molecule has 0 aromatic heterocycles. The molecule has 0 unspecified atom stereocenters. The van der Waals surface area contributed by atoms with E-state index in [1.54, 1.807) is 12.1 Å². The van der Waals surface area contributed by atoms with Gasteiger partial charge in [-0.15, -0.1) is 0 Å². The van der Waals surface area contributed by atoms with Crippen molar-refractivity contribution in [3.63, 3.8) is 0 Å². The second-order valence-electron chi connectivity index (χ2n) is 5.87. The summed E-state index contributed by atoms with van der Waals surface area (Å²) in [5.74, 6) is -0.201. The fourth-order valence-corrected chi connectivity index (χ4v) is 3.15. The first-order valence-electron chi connectivity index (χ1n) is 7.31. The van der Waals surface area contributed by atoms with Crippen LogP contribution in [0.15, 0.2) is 18.2 Å². The number of rotatable bonds is 4. The smallest absolute Gasteiger partial charge is 0.123 e. The summed E-state index contributed by atoms with van der Waals surface area (Å²) in [5.41, 5.74) is 8.44. The van der Waals surface area contributed by atoms with Gasteiger partial charge in [0.2, 0.25) is 0 Å². The molecule has 2 nitrogen and oxygen atoms in total. The highest BCUT2D eigenvalue weighted by atomic mass is 19.1. The van der Waals surface area contributed by atoms with E-state index in [9.17, 15) is 4.39 Å². The zero-order chi connectivity index (χ0) is 14.0. The molecular weight excluding hydrogens is 239 g/mol. The second kappa shape index (κ2) is 5.49. The molecule has 0 saturated carbocycles. The van der Waals surface area contributed by atoms with Gasteiger partial charge in [0.25, 0.3) is 0 Å². The van der Waals surface area contributed by atoms with E-state index in [0.29, 0.717) is 5.41 Å². The molecule has 19 heavy (non-hydrogen) atoms. The highest BCUT2D eigenvalue weighted by Gasteiger charge is 2.35. The van der Waals surface area contributed by atoms with Crippen molar-refractivity contribution in [3.8, 4) is 0 Å². The van der Waals surface area contributed by atoms with E-state index in [0.717, 1.165) is 24.3 Å². The molecule has 1 heterocycles. The molecule has 0 bridgehead atoms. The van der Waals surface area contributed by atoms with Crippen LogP contribution in [0.3, 0.4) is 0 Å². The van der Waals surface area contributed by atoms with Crippen molar-refractivity contribution in [3.05, 3.63) is 29.6 Å². The van der Waals surface area contributed by atoms with Gasteiger partial charge in [-0.05, 0) is 55.4 Å². The van der Waals surface area contributed by atoms with E-state index in [4.69, 9.17) is 5.73 Å². The standard InChI is InChI=1S/C16H25FN2/c1-4-16(5-2)8-9-19(11-16)15-7-6-13(17)10-14(15)12(3)18/h6-7,10,12H,4-5,8-9,11,18H2,1-3H3/t12-/m1/s1. The molecule has 106 valence electrons. The Morgan fingerprint density at radius 1 is 1.37 bits per heavy atom. The van der Waals surface area contributed by atoms with Crippen LogP contribution in [0.1, 0.15) is 51.6 Å². The molecule has 1 fully saturated rings. The molecule has 0 amide bonds. The van der Waals surface area contributed by atoms with Gasteiger partial charge < -0.3 is 10.6 Å². The van der Waals surface area contributed by atoms with Crippen LogP contribution in [0.2, 0.25) is 0 Å². The summed E-state index contributed by atoms with van der Waals surface area (Å²) in [4.78, 5) is 2.38. The maximum Gasteiger partial charge on any atom is 0.123 e. The van der Waals surface area contributed by atoms with Crippen LogP contribution in [0.25, 0.3) is 0 Å². The third-order valence-corrected chi connectivity index (χ3v) is 4.76. The third kappa shape index (κ3) is 2.76. The Bertz CT molecular complexity index is 438. The Morgan fingerprint density at radius 2 is 2.05 bits per heavy atom. The van der Waals surface area contributed by atoms with E-state index in [1.807, 2.05) is 13.0 Å². The van der Waals surface area contributed by atoms with E-state index in [1.165, 1.54) is 19.3 Å². The molecule has 1 aliphatic heterocycles. The molecule has 1 aromatic rings. The summed E-state index contributed by atoms with van der Waals surface area (Å²) in [6.45, 7) is 8.56. The average Bonchev–Trinajstić information content (AvgIpc) is 2.83. The van der Waals surface area contributed by atoms with Gasteiger partial charge in [0.15, 0.2) is 0 Å². The monoisotopic (exact) mass is 264 g/mol. The minimum Gasteiger partial charge on any atom is -0.371 e. The van der Waals surface area contributed by atoms with Crippen molar-refractivity contribution in [2.24, 2.45) is 11.1 Å². The van der Waals surface area contributed by atoms with Gasteiger partial charge in [0, 0.05) is 24.8 Å². The first kappa shape index (κ1) is 14.3. The molecule has 0 radical (unpaired) electrons. The molecular formula is C16H25FN2. The Kier molecular flexibility index (Phi) is 4.14. The van der Waals surface area contributed by atoms with E-state index in [-0.39, 0.29) is 11.9 Å². The number of benzene rings is 1. The fourth-order valence-electron chi connectivity index (χ4n) is 3.15. The lowest BCUT2D eigenvalue weighted by molar-refractivity contribution is 0.301. The average molecular weight is 264 g/mol. The molecule has 0 spiro atoms. The molecule has 1 atom stereocenters. The van der Waals surface area contributed by atoms with E-state index >= 15 is 0 Å². The fraction of sp³-hybridized carbons (Fsp3) is 0.625. The zero-order valence-corrected chi connectivity index (χ0v) is 12.2. The lowest BCUT2D eigenvalue weighted by Crippen LogP contribution is -2.27. The molecule has 0 aliphatic carbocycles. The topological polar surface area (TPSA) is 29.3 Å². The SMILES string of the molecule is CCC1(CC)CCN(c2ccc(F)cc2[C@@H](C)N)C1. The van der Waals surface area contributed by atoms with Crippen molar-refractivity contribution in [1.29, 1.82) is 0 Å². The molecule has 1 aliphatic rings. The van der Waals surface area contributed by atoms with Crippen molar-refractivity contribution in [1.82, 2.24) is 0 Å². The van der Waals surface area contributed by atoms with Crippen molar-refractivity contribution < 1.29 is 4.39 Å². The molecule has 2 N–H and O–H groups in total. The predicted octanol–water partition coefficient (Wildman–Crippen LogP) is 3.86. The number of nitrogens with zero attached hydrogens (tertiary/aromatic N) is 1. The zero-order valence-electron chi connectivity index (χ0n) is 12.2. The van der Waals surface area contributed by atoms with Crippen LogP contribution in [-0.2, 0) is 0 Å². The van der Waals surface area contributed by atoms with Crippen LogP contribution in [-0.4, -0.2) is 13.1 Å². The summed E-state index contributed by atoms with van der Waals surface area (Å²) in [6, 6.07) is 4.87. The van der Waals surface area contributed by atoms with Crippen molar-refractivity contribution >= 4 is 5.69 Å². The molecule has 2 rings (SSSR count). The van der Waals surface area contributed by atoms with Gasteiger partial charge in [-0.2, -0.15) is 0 Å². The second-order valence-corrected chi connectivity index (χ2v) is 5.87. The molecule has 3 heteroatoms. The number of nitrogens with two attached hydrogens (primary N) is 1. The summed E-state index contributed by atoms with van der Waals surface area (Å²) in [6.07, 6.45) is 3.62. The summed E-state index contributed by atoms with van der Waals surface area (Å²) < 4.78 is 13.4. The van der Waals surface area contributed by atoms with Crippen molar-refractivity contribution in [2.45, 2.75) is 46.1 Å². The first-order chi connectivity index (χ1) is 9.01. The van der Waals surface area contributed by atoms with Crippen molar-refractivity contribution in [2.75, 3.05) is 18.0 Å². The van der Waals surface area contributed by atoms with E-state index in [2.05, 4.69) is 18.7 Å². The molecule has 1 aromatic carbocycles. The van der Waals surface area contributed by atoms with Gasteiger partial charge in [-0.3, -0.25) is 0 Å². The van der Waals surface area contributed by atoms with Crippen LogP contribution >= 0.6 is 0 Å².